The first kappa shape index (κ1) is 18.9. The third-order valence-electron chi connectivity index (χ3n) is 3.59. The number of rotatable bonds is 8. The topological polar surface area (TPSA) is 81.5 Å². The molecule has 0 unspecified atom stereocenters. The van der Waals surface area contributed by atoms with Crippen molar-refractivity contribution in [3.63, 3.8) is 0 Å². The molecule has 0 aliphatic heterocycles. The van der Waals surface area contributed by atoms with Gasteiger partial charge in [-0.1, -0.05) is 25.1 Å². The smallest absolute Gasteiger partial charge is 0.292 e. The number of anilines is 1. The maximum absolute atomic E-state index is 12.0. The maximum atomic E-state index is 12.0. The first-order valence-corrected chi connectivity index (χ1v) is 8.75. The van der Waals surface area contributed by atoms with Gasteiger partial charge in [0.05, 0.1) is 16.0 Å². The third-order valence-corrected chi connectivity index (χ3v) is 4.20. The molecular formula is C18H19BrN2O4. The number of nitrogens with zero attached hydrogens (tertiary/aromatic N) is 1. The highest BCUT2D eigenvalue weighted by atomic mass is 79.9. The molecule has 132 valence electrons. The van der Waals surface area contributed by atoms with Gasteiger partial charge in [-0.3, -0.25) is 14.9 Å². The largest absolute Gasteiger partial charge is 0.492 e. The lowest BCUT2D eigenvalue weighted by Crippen LogP contribution is -2.14. The Labute approximate surface area is 154 Å². The lowest BCUT2D eigenvalue weighted by molar-refractivity contribution is -0.383. The Hall–Kier alpha value is -2.41. The van der Waals surface area contributed by atoms with Crippen LogP contribution in [-0.2, 0) is 11.2 Å². The van der Waals surface area contributed by atoms with Crippen LogP contribution in [0.2, 0.25) is 0 Å². The summed E-state index contributed by atoms with van der Waals surface area (Å²) in [6, 6.07) is 12.0. The van der Waals surface area contributed by atoms with Crippen LogP contribution in [0.1, 0.15) is 25.3 Å². The number of aryl methyl sites for hydroxylation is 1. The van der Waals surface area contributed by atoms with Crippen molar-refractivity contribution in [2.75, 3.05) is 11.9 Å². The van der Waals surface area contributed by atoms with Crippen LogP contribution in [0.5, 0.6) is 5.75 Å². The van der Waals surface area contributed by atoms with Gasteiger partial charge in [0.15, 0.2) is 0 Å². The number of ether oxygens (including phenoxy) is 1. The molecule has 0 radical (unpaired) electrons. The molecule has 0 aliphatic rings. The van der Waals surface area contributed by atoms with E-state index in [2.05, 4.69) is 28.2 Å². The van der Waals surface area contributed by atoms with Gasteiger partial charge in [-0.2, -0.15) is 0 Å². The van der Waals surface area contributed by atoms with E-state index in [0.717, 1.165) is 16.6 Å². The first-order chi connectivity index (χ1) is 12.0. The van der Waals surface area contributed by atoms with Gasteiger partial charge in [0.1, 0.15) is 11.4 Å². The molecule has 2 aromatic rings. The Morgan fingerprint density at radius 1 is 1.28 bits per heavy atom. The summed E-state index contributed by atoms with van der Waals surface area (Å²) in [6.07, 6.45) is 1.68. The van der Waals surface area contributed by atoms with Crippen LogP contribution >= 0.6 is 15.9 Å². The summed E-state index contributed by atoms with van der Waals surface area (Å²) in [5.74, 6) is 0.453. The summed E-state index contributed by atoms with van der Waals surface area (Å²) in [5.41, 5.74) is 1.30. The Morgan fingerprint density at radius 3 is 2.72 bits per heavy atom. The number of halogens is 1. The maximum Gasteiger partial charge on any atom is 0.292 e. The van der Waals surface area contributed by atoms with Crippen LogP contribution < -0.4 is 10.1 Å². The monoisotopic (exact) mass is 406 g/mol. The Kier molecular flexibility index (Phi) is 6.94. The van der Waals surface area contributed by atoms with E-state index in [0.29, 0.717) is 13.0 Å². The molecule has 25 heavy (non-hydrogen) atoms. The van der Waals surface area contributed by atoms with Gasteiger partial charge in [-0.25, -0.2) is 0 Å². The Bertz CT molecular complexity index is 764. The summed E-state index contributed by atoms with van der Waals surface area (Å²) in [4.78, 5) is 22.4. The average Bonchev–Trinajstić information content (AvgIpc) is 2.60. The van der Waals surface area contributed by atoms with Crippen LogP contribution in [0.4, 0.5) is 11.4 Å². The average molecular weight is 407 g/mol. The number of hydrogen-bond acceptors (Lipinski definition) is 4. The molecule has 2 aromatic carbocycles. The SMILES string of the molecule is CCc1ccc(OCCCC(=O)Nc2ccccc2[N+](=O)[O-])c(Br)c1. The van der Waals surface area contributed by atoms with E-state index in [1.165, 1.54) is 17.7 Å². The van der Waals surface area contributed by atoms with Gasteiger partial charge in [-0.05, 0) is 52.5 Å². The summed E-state index contributed by atoms with van der Waals surface area (Å²) < 4.78 is 6.55. The second-order valence-electron chi connectivity index (χ2n) is 5.39. The highest BCUT2D eigenvalue weighted by molar-refractivity contribution is 9.10. The number of amides is 1. The van der Waals surface area contributed by atoms with Gasteiger partial charge in [0.2, 0.25) is 5.91 Å². The van der Waals surface area contributed by atoms with Crippen LogP contribution in [0.3, 0.4) is 0 Å². The van der Waals surface area contributed by atoms with Crippen molar-refractivity contribution >= 4 is 33.2 Å². The molecule has 2 rings (SSSR count). The van der Waals surface area contributed by atoms with Gasteiger partial charge in [0.25, 0.3) is 5.69 Å². The number of nitro benzene ring substituents is 1. The molecule has 0 saturated heterocycles. The van der Waals surface area contributed by atoms with Gasteiger partial charge in [0, 0.05) is 12.5 Å². The molecule has 7 heteroatoms. The number of carbonyl (C=O) groups excluding carboxylic acids is 1. The molecule has 0 spiro atoms. The molecule has 0 aromatic heterocycles. The summed E-state index contributed by atoms with van der Waals surface area (Å²) in [7, 11) is 0. The zero-order valence-electron chi connectivity index (χ0n) is 13.8. The molecule has 1 N–H and O–H groups in total. The Balaban J connectivity index is 1.80. The van der Waals surface area contributed by atoms with Crippen molar-refractivity contribution in [1.82, 2.24) is 0 Å². The molecule has 0 aliphatic carbocycles. The molecular weight excluding hydrogens is 388 g/mol. The van der Waals surface area contributed by atoms with E-state index in [1.807, 2.05) is 18.2 Å². The van der Waals surface area contributed by atoms with E-state index < -0.39 is 4.92 Å². The molecule has 1 amide bonds. The van der Waals surface area contributed by atoms with Gasteiger partial charge < -0.3 is 10.1 Å². The van der Waals surface area contributed by atoms with Crippen molar-refractivity contribution < 1.29 is 14.5 Å². The normalized spacial score (nSPS) is 10.3. The van der Waals surface area contributed by atoms with E-state index in [1.54, 1.807) is 12.1 Å². The minimum Gasteiger partial charge on any atom is -0.492 e. The molecule has 0 heterocycles. The van der Waals surface area contributed by atoms with Crippen LogP contribution in [0, 0.1) is 10.1 Å². The van der Waals surface area contributed by atoms with E-state index in [9.17, 15) is 14.9 Å². The van der Waals surface area contributed by atoms with Crippen LogP contribution in [-0.4, -0.2) is 17.4 Å². The molecule has 0 bridgehead atoms. The minimum absolute atomic E-state index is 0.118. The number of nitro groups is 1. The van der Waals surface area contributed by atoms with Crippen molar-refractivity contribution in [2.24, 2.45) is 0 Å². The molecule has 0 fully saturated rings. The fourth-order valence-corrected chi connectivity index (χ4v) is 2.79. The molecule has 0 saturated carbocycles. The second kappa shape index (κ2) is 9.17. The lowest BCUT2D eigenvalue weighted by Gasteiger charge is -2.09. The summed E-state index contributed by atoms with van der Waals surface area (Å²) >= 11 is 3.47. The van der Waals surface area contributed by atoms with Gasteiger partial charge in [-0.15, -0.1) is 0 Å². The van der Waals surface area contributed by atoms with E-state index in [4.69, 9.17) is 4.74 Å². The molecule has 6 nitrogen and oxygen atoms in total. The highest BCUT2D eigenvalue weighted by Crippen LogP contribution is 2.26. The summed E-state index contributed by atoms with van der Waals surface area (Å²) in [6.45, 7) is 2.46. The number of para-hydroxylation sites is 2. The quantitative estimate of drug-likeness (QED) is 0.390. The zero-order chi connectivity index (χ0) is 18.2. The first-order valence-electron chi connectivity index (χ1n) is 7.95. The minimum atomic E-state index is -0.518. The predicted octanol–water partition coefficient (Wildman–Crippen LogP) is 4.72. The molecule has 0 atom stereocenters. The standard InChI is InChI=1S/C18H19BrN2O4/c1-2-13-9-10-17(14(19)12-13)25-11-5-8-18(22)20-15-6-3-4-7-16(15)21(23)24/h3-4,6-7,9-10,12H,2,5,8,11H2,1H3,(H,20,22). The predicted molar refractivity (Wildman–Crippen MR) is 100.0 cm³/mol. The van der Waals surface area contributed by atoms with E-state index in [-0.39, 0.29) is 23.7 Å². The number of hydrogen-bond donors (Lipinski definition) is 1. The zero-order valence-corrected chi connectivity index (χ0v) is 15.4. The fraction of sp³-hybridized carbons (Fsp3) is 0.278. The lowest BCUT2D eigenvalue weighted by atomic mass is 10.2. The third kappa shape index (κ3) is 5.56. The number of benzene rings is 2. The summed E-state index contributed by atoms with van der Waals surface area (Å²) in [5, 5.41) is 13.5. The number of carbonyl (C=O) groups is 1. The van der Waals surface area contributed by atoms with Gasteiger partial charge >= 0.3 is 0 Å². The van der Waals surface area contributed by atoms with Crippen molar-refractivity contribution in [3.05, 3.63) is 62.6 Å². The number of nitrogens with one attached hydrogen (secondary N) is 1. The van der Waals surface area contributed by atoms with E-state index >= 15 is 0 Å². The van der Waals surface area contributed by atoms with Crippen molar-refractivity contribution in [2.45, 2.75) is 26.2 Å². The second-order valence-corrected chi connectivity index (χ2v) is 6.25. The van der Waals surface area contributed by atoms with Crippen molar-refractivity contribution in [1.29, 1.82) is 0 Å². The van der Waals surface area contributed by atoms with Crippen LogP contribution in [0.25, 0.3) is 0 Å². The van der Waals surface area contributed by atoms with Crippen LogP contribution in [0.15, 0.2) is 46.9 Å². The Morgan fingerprint density at radius 2 is 2.04 bits per heavy atom. The fourth-order valence-electron chi connectivity index (χ4n) is 2.25. The highest BCUT2D eigenvalue weighted by Gasteiger charge is 2.14. The van der Waals surface area contributed by atoms with Crippen molar-refractivity contribution in [3.8, 4) is 5.75 Å².